The highest BCUT2D eigenvalue weighted by molar-refractivity contribution is 5.89. The van der Waals surface area contributed by atoms with Gasteiger partial charge in [0.05, 0.1) is 11.2 Å². The van der Waals surface area contributed by atoms with Crippen molar-refractivity contribution >= 4 is 17.8 Å². The van der Waals surface area contributed by atoms with E-state index in [1.165, 1.54) is 10.1 Å². The Morgan fingerprint density at radius 1 is 1.03 bits per heavy atom. The van der Waals surface area contributed by atoms with Crippen LogP contribution in [0.25, 0.3) is 5.69 Å². The summed E-state index contributed by atoms with van der Waals surface area (Å²) in [6.07, 6.45) is 6.05. The summed E-state index contributed by atoms with van der Waals surface area (Å²) >= 11 is 0. The van der Waals surface area contributed by atoms with E-state index in [1.54, 1.807) is 35.9 Å². The third kappa shape index (κ3) is 7.23. The molecule has 0 bridgehead atoms. The minimum Gasteiger partial charge on any atom is -0.338 e. The van der Waals surface area contributed by atoms with Gasteiger partial charge in [-0.1, -0.05) is 19.1 Å². The number of nitrogens with zero attached hydrogens (tertiary/aromatic N) is 5. The molecule has 39 heavy (non-hydrogen) atoms. The largest absolute Gasteiger partial charge is 0.354 e. The number of hydrogen-bond donors (Lipinski definition) is 3. The molecular weight excluding hydrogens is 496 g/mol. The number of hydrogen-bond acceptors (Lipinski definition) is 7. The van der Waals surface area contributed by atoms with E-state index in [0.717, 1.165) is 38.8 Å². The highest BCUT2D eigenvalue weighted by Crippen LogP contribution is 2.24. The van der Waals surface area contributed by atoms with Crippen molar-refractivity contribution < 1.29 is 9.59 Å². The molecule has 1 saturated heterocycles. The quantitative estimate of drug-likeness (QED) is 0.487. The molecule has 11 nitrogen and oxygen atoms in total. The van der Waals surface area contributed by atoms with Crippen LogP contribution in [0.3, 0.4) is 0 Å². The molecule has 0 radical (unpaired) electrons. The Bertz CT molecular complexity index is 1190. The summed E-state index contributed by atoms with van der Waals surface area (Å²) < 4.78 is 1.46. The third-order valence-corrected chi connectivity index (χ3v) is 7.71. The Morgan fingerprint density at radius 3 is 2.21 bits per heavy atom. The summed E-state index contributed by atoms with van der Waals surface area (Å²) in [7, 11) is 0. The SMILES string of the molecule is CCN(Cc1ccc(-n2ccc(NC(=O)N3CCN(C(=O)C(C)(C)N)CC3)nc2=O)cc1)[C@H]1CC[C@@H](N)CC1. The number of rotatable bonds is 7. The molecule has 3 amide bonds. The fourth-order valence-electron chi connectivity index (χ4n) is 5.34. The predicted octanol–water partition coefficient (Wildman–Crippen LogP) is 1.74. The standard InChI is InChI=1S/C28H42N8O3/c1-4-33(22-11-7-21(29)8-12-22)19-20-5-9-23(10-6-20)36-14-13-24(32-27(36)39)31-26(38)35-17-15-34(16-18-35)25(37)28(2,3)30/h5-6,9-10,13-14,21-22H,4,7-8,11-12,15-19,29-30H2,1-3H3,(H,31,32,38,39)/t21-,22+. The van der Waals surface area contributed by atoms with E-state index in [4.69, 9.17) is 11.5 Å². The lowest BCUT2D eigenvalue weighted by Crippen LogP contribution is -2.58. The minimum atomic E-state index is -0.946. The summed E-state index contributed by atoms with van der Waals surface area (Å²) in [6.45, 7) is 8.95. The zero-order valence-electron chi connectivity index (χ0n) is 23.3. The van der Waals surface area contributed by atoms with Gasteiger partial charge in [0.2, 0.25) is 5.91 Å². The minimum absolute atomic E-state index is 0.141. The second-order valence-electron chi connectivity index (χ2n) is 11.2. The molecule has 5 N–H and O–H groups in total. The molecule has 1 aromatic heterocycles. The van der Waals surface area contributed by atoms with Crippen LogP contribution in [0, 0.1) is 0 Å². The van der Waals surface area contributed by atoms with E-state index in [0.29, 0.717) is 44.0 Å². The molecule has 1 aliphatic carbocycles. The average Bonchev–Trinajstić information content (AvgIpc) is 2.92. The summed E-state index contributed by atoms with van der Waals surface area (Å²) in [5.41, 5.74) is 12.5. The molecule has 2 aliphatic rings. The number of aromatic nitrogens is 2. The first kappa shape index (κ1) is 28.7. The van der Waals surface area contributed by atoms with Crippen LogP contribution >= 0.6 is 0 Å². The van der Waals surface area contributed by atoms with Crippen molar-refractivity contribution in [3.63, 3.8) is 0 Å². The summed E-state index contributed by atoms with van der Waals surface area (Å²) in [5, 5.41) is 2.70. The molecule has 2 aromatic rings. The molecule has 2 fully saturated rings. The van der Waals surface area contributed by atoms with Crippen LogP contribution in [0.1, 0.15) is 52.0 Å². The molecule has 11 heteroatoms. The highest BCUT2D eigenvalue weighted by atomic mass is 16.2. The molecule has 0 atom stereocenters. The van der Waals surface area contributed by atoms with Crippen molar-refractivity contribution in [2.24, 2.45) is 11.5 Å². The predicted molar refractivity (Wildman–Crippen MR) is 152 cm³/mol. The molecule has 2 heterocycles. The van der Waals surface area contributed by atoms with Crippen LogP contribution in [0.15, 0.2) is 41.3 Å². The second kappa shape index (κ2) is 12.3. The lowest BCUT2D eigenvalue weighted by Gasteiger charge is -2.37. The average molecular weight is 539 g/mol. The maximum absolute atomic E-state index is 12.8. The molecule has 1 aromatic carbocycles. The van der Waals surface area contributed by atoms with Crippen LogP contribution in [0.5, 0.6) is 0 Å². The van der Waals surface area contributed by atoms with E-state index in [-0.39, 0.29) is 17.8 Å². The lowest BCUT2D eigenvalue weighted by atomic mass is 9.90. The lowest BCUT2D eigenvalue weighted by molar-refractivity contribution is -0.137. The number of nitrogens with one attached hydrogen (secondary N) is 1. The maximum Gasteiger partial charge on any atom is 0.354 e. The van der Waals surface area contributed by atoms with Crippen LogP contribution in [0.4, 0.5) is 10.6 Å². The summed E-state index contributed by atoms with van der Waals surface area (Å²) in [4.78, 5) is 47.7. The smallest absolute Gasteiger partial charge is 0.338 e. The van der Waals surface area contributed by atoms with Crippen LogP contribution in [-0.2, 0) is 11.3 Å². The number of carbonyl (C=O) groups excluding carboxylic acids is 2. The Hall–Kier alpha value is -3.28. The second-order valence-corrected chi connectivity index (χ2v) is 11.2. The van der Waals surface area contributed by atoms with Crippen LogP contribution < -0.4 is 22.5 Å². The normalized spacial score (nSPS) is 20.3. The van der Waals surface area contributed by atoms with Gasteiger partial charge in [0.25, 0.3) is 0 Å². The van der Waals surface area contributed by atoms with E-state index >= 15 is 0 Å². The number of piperazine rings is 1. The van der Waals surface area contributed by atoms with E-state index in [9.17, 15) is 14.4 Å². The third-order valence-electron chi connectivity index (χ3n) is 7.71. The van der Waals surface area contributed by atoms with Crippen LogP contribution in [0.2, 0.25) is 0 Å². The van der Waals surface area contributed by atoms with E-state index in [2.05, 4.69) is 22.1 Å². The Balaban J connectivity index is 1.33. The monoisotopic (exact) mass is 538 g/mol. The molecule has 4 rings (SSSR count). The van der Waals surface area contributed by atoms with Gasteiger partial charge in [-0.15, -0.1) is 0 Å². The molecular formula is C28H42N8O3. The van der Waals surface area contributed by atoms with Gasteiger partial charge in [-0.3, -0.25) is 19.6 Å². The molecule has 0 spiro atoms. The fraction of sp³-hybridized carbons (Fsp3) is 0.571. The maximum atomic E-state index is 12.8. The van der Waals surface area contributed by atoms with E-state index < -0.39 is 11.2 Å². The zero-order valence-corrected chi connectivity index (χ0v) is 23.3. The molecule has 1 aliphatic heterocycles. The number of anilines is 1. The highest BCUT2D eigenvalue weighted by Gasteiger charge is 2.31. The number of nitrogens with two attached hydrogens (primary N) is 2. The molecule has 1 saturated carbocycles. The van der Waals surface area contributed by atoms with Crippen molar-refractivity contribution in [1.82, 2.24) is 24.3 Å². The number of carbonyl (C=O) groups is 2. The van der Waals surface area contributed by atoms with Gasteiger partial charge in [-0.25, -0.2) is 9.59 Å². The Morgan fingerprint density at radius 2 is 1.64 bits per heavy atom. The number of amides is 3. The van der Waals surface area contributed by atoms with Crippen molar-refractivity contribution in [3.05, 3.63) is 52.6 Å². The van der Waals surface area contributed by atoms with Crippen molar-refractivity contribution in [1.29, 1.82) is 0 Å². The van der Waals surface area contributed by atoms with Gasteiger partial charge in [0.1, 0.15) is 5.82 Å². The Kier molecular flexibility index (Phi) is 9.04. The molecule has 212 valence electrons. The zero-order chi connectivity index (χ0) is 28.2. The summed E-state index contributed by atoms with van der Waals surface area (Å²) in [6, 6.07) is 10.1. The Labute approximate surface area is 230 Å². The number of benzene rings is 1. The first-order chi connectivity index (χ1) is 18.5. The van der Waals surface area contributed by atoms with Gasteiger partial charge >= 0.3 is 11.7 Å². The van der Waals surface area contributed by atoms with Gasteiger partial charge < -0.3 is 21.3 Å². The number of urea groups is 1. The van der Waals surface area contributed by atoms with Crippen molar-refractivity contribution in [3.8, 4) is 5.69 Å². The summed E-state index contributed by atoms with van der Waals surface area (Å²) in [5.74, 6) is 0.0447. The topological polar surface area (TPSA) is 143 Å². The van der Waals surface area contributed by atoms with Crippen molar-refractivity contribution in [2.75, 3.05) is 38.0 Å². The first-order valence-electron chi connectivity index (χ1n) is 13.9. The molecule has 0 unspecified atom stereocenters. The van der Waals surface area contributed by atoms with E-state index in [1.807, 2.05) is 24.3 Å². The van der Waals surface area contributed by atoms with Gasteiger partial charge in [-0.2, -0.15) is 4.98 Å². The first-order valence-corrected chi connectivity index (χ1v) is 13.9. The van der Waals surface area contributed by atoms with Gasteiger partial charge in [0.15, 0.2) is 0 Å². The van der Waals surface area contributed by atoms with Crippen LogP contribution in [-0.4, -0.2) is 86.5 Å². The van der Waals surface area contributed by atoms with Gasteiger partial charge in [-0.05, 0) is 69.8 Å². The van der Waals surface area contributed by atoms with Gasteiger partial charge in [0, 0.05) is 51.0 Å². The van der Waals surface area contributed by atoms with Crippen molar-refractivity contribution in [2.45, 2.75) is 70.6 Å². The fourth-order valence-corrected chi connectivity index (χ4v) is 5.34.